The maximum Gasteiger partial charge on any atom is 0.268 e. The minimum absolute atomic E-state index is 0.119. The van der Waals surface area contributed by atoms with Crippen molar-refractivity contribution in [3.8, 4) is 6.07 Å². The normalized spacial score (nSPS) is 18.1. The molecule has 5 nitrogen and oxygen atoms in total. The lowest BCUT2D eigenvalue weighted by Gasteiger charge is -2.31. The van der Waals surface area contributed by atoms with Crippen LogP contribution in [-0.4, -0.2) is 28.2 Å². The Labute approximate surface area is 117 Å². The molecule has 1 fully saturated rings. The minimum atomic E-state index is -0.730. The maximum atomic E-state index is 11.9. The largest absolute Gasteiger partial charge is 0.370 e. The van der Waals surface area contributed by atoms with E-state index >= 15 is 0 Å². The third-order valence-corrected chi connectivity index (χ3v) is 3.71. The van der Waals surface area contributed by atoms with Crippen molar-refractivity contribution < 1.29 is 0 Å². The predicted molar refractivity (Wildman–Crippen MR) is 74.4 cm³/mol. The number of halogens is 1. The topological polar surface area (TPSA) is 61.9 Å². The van der Waals surface area contributed by atoms with Gasteiger partial charge in [-0.15, -0.1) is 11.6 Å². The molecule has 1 unspecified atom stereocenters. The Balaban J connectivity index is 2.11. The molecule has 2 heterocycles. The predicted octanol–water partition coefficient (Wildman–Crippen LogP) is 1.61. The molecule has 6 heteroatoms. The van der Waals surface area contributed by atoms with E-state index in [-0.39, 0.29) is 12.1 Å². The Kier molecular flexibility index (Phi) is 4.43. The summed E-state index contributed by atoms with van der Waals surface area (Å²) in [5.74, 6) is 0.747. The molecule has 102 valence electrons. The highest BCUT2D eigenvalue weighted by Crippen LogP contribution is 2.20. The number of aromatic nitrogens is 2. The fraction of sp³-hybridized carbons (Fsp3) is 0.615. The van der Waals surface area contributed by atoms with Gasteiger partial charge in [0.05, 0.1) is 24.5 Å². The number of rotatable bonds is 3. The van der Waals surface area contributed by atoms with Gasteiger partial charge in [0.1, 0.15) is 5.38 Å². The Hall–Kier alpha value is -1.54. The second-order valence-electron chi connectivity index (χ2n) is 5.00. The molecule has 0 saturated carbocycles. The maximum absolute atomic E-state index is 11.9. The first kappa shape index (κ1) is 13.9. The number of hydrogen-bond donors (Lipinski definition) is 0. The zero-order valence-electron chi connectivity index (χ0n) is 10.9. The van der Waals surface area contributed by atoms with E-state index in [0.717, 1.165) is 37.5 Å². The molecule has 1 atom stereocenters. The van der Waals surface area contributed by atoms with Crippen LogP contribution in [-0.2, 0) is 6.54 Å². The molecule has 0 N–H and O–H groups in total. The van der Waals surface area contributed by atoms with Gasteiger partial charge in [0.2, 0.25) is 0 Å². The first-order valence-corrected chi connectivity index (χ1v) is 6.89. The molecule has 0 bridgehead atoms. The summed E-state index contributed by atoms with van der Waals surface area (Å²) >= 11 is 5.71. The summed E-state index contributed by atoms with van der Waals surface area (Å²) < 4.78 is 1.23. The molecule has 0 aromatic carbocycles. The van der Waals surface area contributed by atoms with Gasteiger partial charge in [0.25, 0.3) is 5.56 Å². The molecular formula is C13H17ClN4O. The fourth-order valence-corrected chi connectivity index (χ4v) is 2.32. The highest BCUT2D eigenvalue weighted by atomic mass is 35.5. The smallest absolute Gasteiger partial charge is 0.268 e. The monoisotopic (exact) mass is 280 g/mol. The molecular weight excluding hydrogens is 264 g/mol. The van der Waals surface area contributed by atoms with Gasteiger partial charge in [-0.3, -0.25) is 4.79 Å². The summed E-state index contributed by atoms with van der Waals surface area (Å²) in [4.78, 5) is 14.1. The van der Waals surface area contributed by atoms with E-state index in [2.05, 4.69) is 16.9 Å². The number of piperidine rings is 1. The number of nitrogens with zero attached hydrogens (tertiary/aromatic N) is 4. The van der Waals surface area contributed by atoms with Crippen LogP contribution >= 0.6 is 11.6 Å². The average Bonchev–Trinajstić information content (AvgIpc) is 2.41. The number of hydrogen-bond acceptors (Lipinski definition) is 4. The lowest BCUT2D eigenvalue weighted by molar-refractivity contribution is 0.437. The van der Waals surface area contributed by atoms with E-state index in [9.17, 15) is 4.79 Å². The molecule has 19 heavy (non-hydrogen) atoms. The van der Waals surface area contributed by atoms with Gasteiger partial charge >= 0.3 is 0 Å². The lowest BCUT2D eigenvalue weighted by Crippen LogP contribution is -2.35. The Bertz CT molecular complexity index is 528. The van der Waals surface area contributed by atoms with E-state index in [4.69, 9.17) is 16.9 Å². The molecule has 1 aromatic heterocycles. The number of alkyl halides is 1. The van der Waals surface area contributed by atoms with Crippen molar-refractivity contribution in [2.75, 3.05) is 18.0 Å². The van der Waals surface area contributed by atoms with E-state index in [0.29, 0.717) is 0 Å². The molecule has 0 spiro atoms. The first-order chi connectivity index (χ1) is 9.10. The van der Waals surface area contributed by atoms with E-state index in [1.165, 1.54) is 4.68 Å². The molecule has 0 radical (unpaired) electrons. The van der Waals surface area contributed by atoms with Gasteiger partial charge in [0.15, 0.2) is 0 Å². The minimum Gasteiger partial charge on any atom is -0.370 e. The van der Waals surface area contributed by atoms with E-state index in [1.807, 2.05) is 6.07 Å². The summed E-state index contributed by atoms with van der Waals surface area (Å²) in [6.07, 6.45) is 3.96. The van der Waals surface area contributed by atoms with Gasteiger partial charge in [-0.05, 0) is 18.8 Å². The van der Waals surface area contributed by atoms with Gasteiger partial charge in [-0.1, -0.05) is 6.92 Å². The Morgan fingerprint density at radius 3 is 2.84 bits per heavy atom. The van der Waals surface area contributed by atoms with Crippen LogP contribution in [0, 0.1) is 17.2 Å². The summed E-state index contributed by atoms with van der Waals surface area (Å²) in [7, 11) is 0. The van der Waals surface area contributed by atoms with Crippen molar-refractivity contribution in [3.63, 3.8) is 0 Å². The van der Waals surface area contributed by atoms with Crippen molar-refractivity contribution in [1.82, 2.24) is 9.78 Å². The van der Waals surface area contributed by atoms with Crippen molar-refractivity contribution >= 4 is 17.3 Å². The van der Waals surface area contributed by atoms with Crippen LogP contribution in [0.1, 0.15) is 19.8 Å². The standard InChI is InChI=1S/C13H17ClN4O/c1-10-2-4-17(5-3-10)12-6-13(19)18(16-8-12)9-11(14)7-15/h6,8,10-11H,2-5,9H2,1H3. The second kappa shape index (κ2) is 6.07. The van der Waals surface area contributed by atoms with Crippen molar-refractivity contribution in [3.05, 3.63) is 22.6 Å². The SMILES string of the molecule is CC1CCN(c2cnn(CC(Cl)C#N)c(=O)c2)CC1. The van der Waals surface area contributed by atoms with Gasteiger partial charge in [0, 0.05) is 19.2 Å². The van der Waals surface area contributed by atoms with Crippen molar-refractivity contribution in [2.45, 2.75) is 31.7 Å². The molecule has 0 amide bonds. The summed E-state index contributed by atoms with van der Waals surface area (Å²) in [5, 5.41) is 12.0. The van der Waals surface area contributed by atoms with Gasteiger partial charge < -0.3 is 4.90 Å². The van der Waals surface area contributed by atoms with Crippen LogP contribution in [0.25, 0.3) is 0 Å². The zero-order chi connectivity index (χ0) is 13.8. The molecule has 1 saturated heterocycles. The van der Waals surface area contributed by atoms with Gasteiger partial charge in [-0.2, -0.15) is 10.4 Å². The highest BCUT2D eigenvalue weighted by molar-refractivity contribution is 6.22. The van der Waals surface area contributed by atoms with Crippen LogP contribution in [0.4, 0.5) is 5.69 Å². The molecule has 1 aliphatic heterocycles. The Morgan fingerprint density at radius 1 is 1.58 bits per heavy atom. The van der Waals surface area contributed by atoms with Crippen molar-refractivity contribution in [1.29, 1.82) is 5.26 Å². The molecule has 2 rings (SSSR count). The number of nitriles is 1. The van der Waals surface area contributed by atoms with E-state index in [1.54, 1.807) is 12.3 Å². The summed E-state index contributed by atoms with van der Waals surface area (Å²) in [6, 6.07) is 3.45. The molecule has 1 aromatic rings. The van der Waals surface area contributed by atoms with Crippen LogP contribution in [0.3, 0.4) is 0 Å². The fourth-order valence-electron chi connectivity index (χ4n) is 2.19. The average molecular weight is 281 g/mol. The third-order valence-electron chi connectivity index (χ3n) is 3.48. The number of anilines is 1. The third kappa shape index (κ3) is 3.48. The van der Waals surface area contributed by atoms with Crippen LogP contribution in [0.15, 0.2) is 17.1 Å². The first-order valence-electron chi connectivity index (χ1n) is 6.46. The second-order valence-corrected chi connectivity index (χ2v) is 5.53. The Morgan fingerprint density at radius 2 is 2.26 bits per heavy atom. The summed E-state index contributed by atoms with van der Waals surface area (Å²) in [6.45, 7) is 4.29. The van der Waals surface area contributed by atoms with Crippen molar-refractivity contribution in [2.24, 2.45) is 5.92 Å². The highest BCUT2D eigenvalue weighted by Gasteiger charge is 2.17. The quantitative estimate of drug-likeness (QED) is 0.789. The molecule has 1 aliphatic rings. The van der Waals surface area contributed by atoms with Crippen LogP contribution < -0.4 is 10.5 Å². The lowest BCUT2D eigenvalue weighted by atomic mass is 9.99. The zero-order valence-corrected chi connectivity index (χ0v) is 11.7. The molecule has 0 aliphatic carbocycles. The summed E-state index contributed by atoms with van der Waals surface area (Å²) in [5.41, 5.74) is 0.647. The van der Waals surface area contributed by atoms with Crippen LogP contribution in [0.5, 0.6) is 0 Å². The van der Waals surface area contributed by atoms with Gasteiger partial charge in [-0.25, -0.2) is 4.68 Å². The van der Waals surface area contributed by atoms with E-state index < -0.39 is 5.38 Å². The van der Waals surface area contributed by atoms with Crippen LogP contribution in [0.2, 0.25) is 0 Å².